The van der Waals surface area contributed by atoms with Crippen LogP contribution in [0.25, 0.3) is 0 Å². The van der Waals surface area contributed by atoms with Crippen molar-refractivity contribution in [2.24, 2.45) is 11.8 Å². The number of thiazole rings is 1. The molecule has 0 bridgehead atoms. The van der Waals surface area contributed by atoms with Gasteiger partial charge < -0.3 is 4.74 Å². The van der Waals surface area contributed by atoms with E-state index in [4.69, 9.17) is 4.74 Å². The fraction of sp³-hybridized carbons (Fsp3) is 0.474. The van der Waals surface area contributed by atoms with Crippen LogP contribution in [0.5, 0.6) is 5.75 Å². The van der Waals surface area contributed by atoms with E-state index < -0.39 is 5.82 Å². The highest BCUT2D eigenvalue weighted by atomic mass is 79.9. The Labute approximate surface area is 171 Å². The third kappa shape index (κ3) is 5.99. The number of carbonyl (C=O) groups is 1. The van der Waals surface area contributed by atoms with E-state index in [1.165, 1.54) is 29.9 Å². The molecule has 1 aliphatic rings. The molecule has 2 heterocycles. The maximum absolute atomic E-state index is 13.7. The average Bonchev–Trinajstić information content (AvgIpc) is 3.00. The summed E-state index contributed by atoms with van der Waals surface area (Å²) < 4.78 is 19.6. The van der Waals surface area contributed by atoms with Crippen LogP contribution in [-0.2, 0) is 11.3 Å². The number of nitrogens with zero attached hydrogens (tertiary/aromatic N) is 2. The number of hydrogen-bond donors (Lipinski definition) is 1. The van der Waals surface area contributed by atoms with Crippen molar-refractivity contribution in [3.63, 3.8) is 0 Å². The first-order chi connectivity index (χ1) is 12.9. The van der Waals surface area contributed by atoms with Crippen molar-refractivity contribution in [1.29, 1.82) is 0 Å². The Hall–Kier alpha value is -1.51. The molecular formula is C19H23BrFN3O2S. The minimum Gasteiger partial charge on any atom is -0.481 e. The van der Waals surface area contributed by atoms with Gasteiger partial charge in [0, 0.05) is 29.5 Å². The largest absolute Gasteiger partial charge is 0.481 e. The van der Waals surface area contributed by atoms with Gasteiger partial charge in [-0.2, -0.15) is 0 Å². The van der Waals surface area contributed by atoms with E-state index in [-0.39, 0.29) is 18.3 Å². The number of halogens is 2. The molecule has 146 valence electrons. The van der Waals surface area contributed by atoms with Crippen LogP contribution < -0.4 is 10.1 Å². The molecule has 1 amide bonds. The van der Waals surface area contributed by atoms with Gasteiger partial charge in [-0.25, -0.2) is 9.37 Å². The van der Waals surface area contributed by atoms with Crippen LogP contribution in [0.3, 0.4) is 0 Å². The number of amides is 1. The van der Waals surface area contributed by atoms with Gasteiger partial charge in [-0.05, 0) is 36.5 Å². The predicted molar refractivity (Wildman–Crippen MR) is 109 cm³/mol. The van der Waals surface area contributed by atoms with Crippen LogP contribution in [0.15, 0.2) is 28.1 Å². The SMILES string of the molecule is C[C@H]1C[C@H](C)CN(Cc2csc(NC(=O)COc3ccc(Br)cc3F)n2)C1. The Morgan fingerprint density at radius 2 is 2.15 bits per heavy atom. The standard InChI is InChI=1S/C19H23BrFN3O2S/c1-12-5-13(2)8-24(7-12)9-15-11-27-19(22-15)23-18(25)10-26-17-4-3-14(20)6-16(17)21/h3-4,6,11-13H,5,7-10H2,1-2H3,(H,22,23,25)/t12-,13-/m0/s1. The number of carbonyl (C=O) groups excluding carboxylic acids is 1. The number of rotatable bonds is 6. The lowest BCUT2D eigenvalue weighted by atomic mass is 9.92. The highest BCUT2D eigenvalue weighted by Crippen LogP contribution is 2.24. The maximum atomic E-state index is 13.7. The van der Waals surface area contributed by atoms with Crippen molar-refractivity contribution in [3.05, 3.63) is 39.6 Å². The average molecular weight is 456 g/mol. The van der Waals surface area contributed by atoms with Crippen molar-refractivity contribution in [3.8, 4) is 5.75 Å². The summed E-state index contributed by atoms with van der Waals surface area (Å²) in [5.74, 6) is 0.559. The molecule has 1 aliphatic heterocycles. The second-order valence-corrected chi connectivity index (χ2v) is 8.97. The highest BCUT2D eigenvalue weighted by Gasteiger charge is 2.22. The molecule has 1 saturated heterocycles. The lowest BCUT2D eigenvalue weighted by Crippen LogP contribution is -2.38. The molecule has 0 saturated carbocycles. The van der Waals surface area contributed by atoms with Crippen LogP contribution >= 0.6 is 27.3 Å². The third-order valence-corrected chi connectivity index (χ3v) is 5.68. The topological polar surface area (TPSA) is 54.5 Å². The lowest BCUT2D eigenvalue weighted by Gasteiger charge is -2.34. The smallest absolute Gasteiger partial charge is 0.264 e. The van der Waals surface area contributed by atoms with Gasteiger partial charge in [-0.15, -0.1) is 11.3 Å². The molecule has 1 aromatic carbocycles. The van der Waals surface area contributed by atoms with Crippen LogP contribution in [0.1, 0.15) is 26.0 Å². The van der Waals surface area contributed by atoms with Crippen molar-refractivity contribution in [2.45, 2.75) is 26.8 Å². The number of ether oxygens (including phenoxy) is 1. The molecule has 2 atom stereocenters. The normalized spacial score (nSPS) is 20.4. The molecular weight excluding hydrogens is 433 g/mol. The second-order valence-electron chi connectivity index (χ2n) is 7.20. The van der Waals surface area contributed by atoms with Gasteiger partial charge in [0.15, 0.2) is 23.3 Å². The Kier molecular flexibility index (Phi) is 6.83. The number of aromatic nitrogens is 1. The van der Waals surface area contributed by atoms with Crippen molar-refractivity contribution >= 4 is 38.3 Å². The van der Waals surface area contributed by atoms with E-state index in [2.05, 4.69) is 45.0 Å². The molecule has 1 aromatic heterocycles. The van der Waals surface area contributed by atoms with Gasteiger partial charge in [-0.1, -0.05) is 29.8 Å². The van der Waals surface area contributed by atoms with E-state index >= 15 is 0 Å². The zero-order chi connectivity index (χ0) is 19.4. The van der Waals surface area contributed by atoms with Gasteiger partial charge in [0.2, 0.25) is 0 Å². The summed E-state index contributed by atoms with van der Waals surface area (Å²) in [5, 5.41) is 5.21. The fourth-order valence-electron chi connectivity index (χ4n) is 3.48. The number of piperidine rings is 1. The minimum atomic E-state index is -0.515. The Balaban J connectivity index is 1.49. The monoisotopic (exact) mass is 455 g/mol. The van der Waals surface area contributed by atoms with Crippen LogP contribution in [0.4, 0.5) is 9.52 Å². The Bertz CT molecular complexity index is 791. The van der Waals surface area contributed by atoms with Gasteiger partial charge in [0.25, 0.3) is 5.91 Å². The number of nitrogens with one attached hydrogen (secondary N) is 1. The molecule has 0 aliphatic carbocycles. The van der Waals surface area contributed by atoms with Gasteiger partial charge in [0.1, 0.15) is 0 Å². The van der Waals surface area contributed by atoms with Crippen LogP contribution in [-0.4, -0.2) is 35.5 Å². The zero-order valence-corrected chi connectivity index (χ0v) is 17.8. The first-order valence-corrected chi connectivity index (χ1v) is 10.6. The lowest BCUT2D eigenvalue weighted by molar-refractivity contribution is -0.118. The molecule has 0 radical (unpaired) electrons. The predicted octanol–water partition coefficient (Wildman–Crippen LogP) is 4.54. The molecule has 27 heavy (non-hydrogen) atoms. The molecule has 1 fully saturated rings. The van der Waals surface area contributed by atoms with E-state index in [1.807, 2.05) is 5.38 Å². The van der Waals surface area contributed by atoms with Crippen molar-refractivity contribution < 1.29 is 13.9 Å². The summed E-state index contributed by atoms with van der Waals surface area (Å²) >= 11 is 4.57. The number of hydrogen-bond acceptors (Lipinski definition) is 5. The molecule has 1 N–H and O–H groups in total. The molecule has 0 spiro atoms. The molecule has 0 unspecified atom stereocenters. The summed E-state index contributed by atoms with van der Waals surface area (Å²) in [7, 11) is 0. The zero-order valence-electron chi connectivity index (χ0n) is 15.4. The Morgan fingerprint density at radius 3 is 2.85 bits per heavy atom. The van der Waals surface area contributed by atoms with E-state index in [9.17, 15) is 9.18 Å². The summed E-state index contributed by atoms with van der Waals surface area (Å²) in [6.45, 7) is 7.25. The molecule has 3 rings (SSSR count). The molecule has 5 nitrogen and oxygen atoms in total. The van der Waals surface area contributed by atoms with Crippen molar-refractivity contribution in [2.75, 3.05) is 25.0 Å². The maximum Gasteiger partial charge on any atom is 0.264 e. The molecule has 2 aromatic rings. The Morgan fingerprint density at radius 1 is 1.41 bits per heavy atom. The first-order valence-electron chi connectivity index (χ1n) is 8.93. The molecule has 8 heteroatoms. The van der Waals surface area contributed by atoms with E-state index in [0.717, 1.165) is 25.3 Å². The first kappa shape index (κ1) is 20.2. The second kappa shape index (κ2) is 9.12. The van der Waals surface area contributed by atoms with Crippen molar-refractivity contribution in [1.82, 2.24) is 9.88 Å². The highest BCUT2D eigenvalue weighted by molar-refractivity contribution is 9.10. The number of benzene rings is 1. The van der Waals surface area contributed by atoms with Crippen LogP contribution in [0.2, 0.25) is 0 Å². The fourth-order valence-corrected chi connectivity index (χ4v) is 4.53. The summed E-state index contributed by atoms with van der Waals surface area (Å²) in [6.07, 6.45) is 1.27. The van der Waals surface area contributed by atoms with Gasteiger partial charge in [-0.3, -0.25) is 15.0 Å². The third-order valence-electron chi connectivity index (χ3n) is 4.38. The quantitative estimate of drug-likeness (QED) is 0.694. The minimum absolute atomic E-state index is 0.0431. The van der Waals surface area contributed by atoms with E-state index in [0.29, 0.717) is 21.4 Å². The summed E-state index contributed by atoms with van der Waals surface area (Å²) in [5.41, 5.74) is 0.955. The van der Waals surface area contributed by atoms with Gasteiger partial charge >= 0.3 is 0 Å². The van der Waals surface area contributed by atoms with Crippen LogP contribution in [0, 0.1) is 17.7 Å². The van der Waals surface area contributed by atoms with E-state index in [1.54, 1.807) is 6.07 Å². The number of likely N-dealkylation sites (tertiary alicyclic amines) is 1. The van der Waals surface area contributed by atoms with Gasteiger partial charge in [0.05, 0.1) is 5.69 Å². The summed E-state index contributed by atoms with van der Waals surface area (Å²) in [6, 6.07) is 4.43. The number of anilines is 1. The summed E-state index contributed by atoms with van der Waals surface area (Å²) in [4.78, 5) is 18.9.